The third-order valence-electron chi connectivity index (χ3n) is 2.74. The number of aromatic nitrogens is 1. The van der Waals surface area contributed by atoms with E-state index in [1.54, 1.807) is 25.1 Å². The Labute approximate surface area is 122 Å². The molecule has 0 bridgehead atoms. The highest BCUT2D eigenvalue weighted by atomic mass is 19.1. The molecule has 1 N–H and O–H groups in total. The van der Waals surface area contributed by atoms with Crippen LogP contribution in [0, 0.1) is 12.7 Å². The molecule has 0 spiro atoms. The number of hydrogen-bond donors (Lipinski definition) is 1. The quantitative estimate of drug-likeness (QED) is 0.795. The molecule has 1 aromatic heterocycles. The first-order valence-corrected chi connectivity index (χ1v) is 6.71. The second kappa shape index (κ2) is 7.42. The maximum atomic E-state index is 12.7. The minimum Gasteiger partial charge on any atom is -0.494 e. The molecule has 0 atom stereocenters. The zero-order valence-corrected chi connectivity index (χ0v) is 11.8. The first-order chi connectivity index (χ1) is 10.1. The fourth-order valence-corrected chi connectivity index (χ4v) is 1.75. The summed E-state index contributed by atoms with van der Waals surface area (Å²) >= 11 is 0. The monoisotopic (exact) mass is 292 g/mol. The minimum absolute atomic E-state index is 0.106. The minimum atomic E-state index is -0.294. The van der Waals surface area contributed by atoms with Crippen LogP contribution in [0.15, 0.2) is 34.9 Å². The molecule has 1 heterocycles. The Hall–Kier alpha value is -2.37. The van der Waals surface area contributed by atoms with Crippen LogP contribution in [-0.4, -0.2) is 24.2 Å². The molecule has 0 unspecified atom stereocenters. The second-order valence-electron chi connectivity index (χ2n) is 4.61. The Balaban J connectivity index is 1.59. The number of carbonyl (C=O) groups is 1. The Morgan fingerprint density at radius 2 is 2.14 bits per heavy atom. The number of hydrogen-bond acceptors (Lipinski definition) is 4. The average molecular weight is 292 g/mol. The molecule has 6 heteroatoms. The van der Waals surface area contributed by atoms with Crippen LogP contribution >= 0.6 is 0 Å². The van der Waals surface area contributed by atoms with E-state index >= 15 is 0 Å². The van der Waals surface area contributed by atoms with Gasteiger partial charge in [-0.3, -0.25) is 4.79 Å². The summed E-state index contributed by atoms with van der Waals surface area (Å²) < 4.78 is 23.0. The number of benzene rings is 1. The van der Waals surface area contributed by atoms with Gasteiger partial charge in [0.15, 0.2) is 0 Å². The van der Waals surface area contributed by atoms with Crippen molar-refractivity contribution in [1.29, 1.82) is 0 Å². The maximum Gasteiger partial charge on any atom is 0.226 e. The lowest BCUT2D eigenvalue weighted by molar-refractivity contribution is -0.120. The third-order valence-corrected chi connectivity index (χ3v) is 2.74. The van der Waals surface area contributed by atoms with Crippen molar-refractivity contribution in [3.05, 3.63) is 47.6 Å². The Morgan fingerprint density at radius 1 is 1.38 bits per heavy atom. The summed E-state index contributed by atoms with van der Waals surface area (Å²) in [5, 5.41) is 6.53. The van der Waals surface area contributed by atoms with Crippen molar-refractivity contribution in [1.82, 2.24) is 10.5 Å². The lowest BCUT2D eigenvalue weighted by Crippen LogP contribution is -2.27. The molecular weight excluding hydrogens is 275 g/mol. The fraction of sp³-hybridized carbons (Fsp3) is 0.333. The lowest BCUT2D eigenvalue weighted by Gasteiger charge is -2.06. The van der Waals surface area contributed by atoms with Gasteiger partial charge in [-0.1, -0.05) is 5.16 Å². The molecule has 0 aliphatic rings. The smallest absolute Gasteiger partial charge is 0.226 e. The molecule has 0 aliphatic heterocycles. The molecule has 0 radical (unpaired) electrons. The van der Waals surface area contributed by atoms with Gasteiger partial charge in [-0.25, -0.2) is 4.39 Å². The lowest BCUT2D eigenvalue weighted by atomic mass is 10.3. The predicted octanol–water partition coefficient (Wildman–Crippen LogP) is 2.25. The van der Waals surface area contributed by atoms with Crippen molar-refractivity contribution in [3.63, 3.8) is 0 Å². The molecule has 2 rings (SSSR count). The molecule has 1 aromatic carbocycles. The Kier molecular flexibility index (Phi) is 5.31. The standard InChI is InChI=1S/C15H17FN2O3/c1-11-9-13(18-21-11)10-15(19)17-7-2-8-20-14-5-3-12(16)4-6-14/h3-6,9H,2,7-8,10H2,1H3,(H,17,19). The molecule has 0 fully saturated rings. The zero-order chi connectivity index (χ0) is 15.1. The highest BCUT2D eigenvalue weighted by molar-refractivity contribution is 5.77. The first-order valence-electron chi connectivity index (χ1n) is 6.71. The van der Waals surface area contributed by atoms with E-state index in [9.17, 15) is 9.18 Å². The van der Waals surface area contributed by atoms with Gasteiger partial charge in [0.25, 0.3) is 0 Å². The van der Waals surface area contributed by atoms with E-state index in [4.69, 9.17) is 9.26 Å². The summed E-state index contributed by atoms with van der Waals surface area (Å²) in [6.07, 6.45) is 0.872. The summed E-state index contributed by atoms with van der Waals surface area (Å²) in [7, 11) is 0. The van der Waals surface area contributed by atoms with Crippen molar-refractivity contribution in [2.45, 2.75) is 19.8 Å². The zero-order valence-electron chi connectivity index (χ0n) is 11.8. The Bertz CT molecular complexity index is 581. The van der Waals surface area contributed by atoms with Crippen LogP contribution < -0.4 is 10.1 Å². The summed E-state index contributed by atoms with van der Waals surface area (Å²) in [6, 6.07) is 7.56. The van der Waals surface area contributed by atoms with Gasteiger partial charge in [0, 0.05) is 12.6 Å². The summed E-state index contributed by atoms with van der Waals surface area (Å²) in [5.74, 6) is 0.897. The van der Waals surface area contributed by atoms with Crippen molar-refractivity contribution >= 4 is 5.91 Å². The molecule has 0 aliphatic carbocycles. The number of aryl methyl sites for hydroxylation is 1. The third kappa shape index (κ3) is 5.25. The van der Waals surface area contributed by atoms with E-state index in [0.29, 0.717) is 36.8 Å². The molecule has 0 saturated heterocycles. The predicted molar refractivity (Wildman–Crippen MR) is 74.5 cm³/mol. The van der Waals surface area contributed by atoms with E-state index in [0.717, 1.165) is 0 Å². The van der Waals surface area contributed by atoms with E-state index < -0.39 is 0 Å². The van der Waals surface area contributed by atoms with Gasteiger partial charge in [-0.2, -0.15) is 0 Å². The fourth-order valence-electron chi connectivity index (χ4n) is 1.75. The van der Waals surface area contributed by atoms with E-state index in [1.807, 2.05) is 0 Å². The number of ether oxygens (including phenoxy) is 1. The highest BCUT2D eigenvalue weighted by Gasteiger charge is 2.06. The number of rotatable bonds is 7. The number of nitrogens with one attached hydrogen (secondary N) is 1. The van der Waals surface area contributed by atoms with Crippen molar-refractivity contribution in [3.8, 4) is 5.75 Å². The number of nitrogens with zero attached hydrogens (tertiary/aromatic N) is 1. The van der Waals surface area contributed by atoms with E-state index in [-0.39, 0.29) is 18.1 Å². The second-order valence-corrected chi connectivity index (χ2v) is 4.61. The van der Waals surface area contributed by atoms with Gasteiger partial charge >= 0.3 is 0 Å². The van der Waals surface area contributed by atoms with Crippen LogP contribution in [0.25, 0.3) is 0 Å². The molecule has 0 saturated carbocycles. The summed E-state index contributed by atoms with van der Waals surface area (Å²) in [6.45, 7) is 2.74. The van der Waals surface area contributed by atoms with Gasteiger partial charge in [0.05, 0.1) is 18.7 Å². The molecule has 21 heavy (non-hydrogen) atoms. The molecule has 112 valence electrons. The van der Waals surface area contributed by atoms with Crippen LogP contribution in [-0.2, 0) is 11.2 Å². The molecule has 1 amide bonds. The normalized spacial score (nSPS) is 10.4. The van der Waals surface area contributed by atoms with Crippen LogP contribution in [0.3, 0.4) is 0 Å². The molecule has 2 aromatic rings. The van der Waals surface area contributed by atoms with E-state index in [1.165, 1.54) is 12.1 Å². The van der Waals surface area contributed by atoms with E-state index in [2.05, 4.69) is 10.5 Å². The van der Waals surface area contributed by atoms with Crippen molar-refractivity contribution in [2.24, 2.45) is 0 Å². The van der Waals surface area contributed by atoms with Crippen molar-refractivity contribution in [2.75, 3.05) is 13.2 Å². The van der Waals surface area contributed by atoms with Gasteiger partial charge < -0.3 is 14.6 Å². The van der Waals surface area contributed by atoms with Crippen molar-refractivity contribution < 1.29 is 18.4 Å². The maximum absolute atomic E-state index is 12.7. The van der Waals surface area contributed by atoms with Gasteiger partial charge in [-0.05, 0) is 37.6 Å². The first kappa shape index (κ1) is 15.0. The SMILES string of the molecule is Cc1cc(CC(=O)NCCCOc2ccc(F)cc2)no1. The van der Waals surface area contributed by atoms with Gasteiger partial charge in [0.1, 0.15) is 17.3 Å². The van der Waals surface area contributed by atoms with Crippen LogP contribution in [0.2, 0.25) is 0 Å². The molecule has 5 nitrogen and oxygen atoms in total. The Morgan fingerprint density at radius 3 is 2.81 bits per heavy atom. The van der Waals surface area contributed by atoms with Gasteiger partial charge in [0.2, 0.25) is 5.91 Å². The van der Waals surface area contributed by atoms with Crippen LogP contribution in [0.5, 0.6) is 5.75 Å². The average Bonchev–Trinajstić information content (AvgIpc) is 2.86. The highest BCUT2D eigenvalue weighted by Crippen LogP contribution is 2.10. The summed E-state index contributed by atoms with van der Waals surface area (Å²) in [4.78, 5) is 11.6. The molecular formula is C15H17FN2O3. The van der Waals surface area contributed by atoms with Crippen LogP contribution in [0.1, 0.15) is 17.9 Å². The summed E-state index contributed by atoms with van der Waals surface area (Å²) in [5.41, 5.74) is 0.618. The number of carbonyl (C=O) groups excluding carboxylic acids is 1. The topological polar surface area (TPSA) is 64.4 Å². The number of amides is 1. The largest absolute Gasteiger partial charge is 0.494 e. The van der Waals surface area contributed by atoms with Gasteiger partial charge in [-0.15, -0.1) is 0 Å². The van der Waals surface area contributed by atoms with Crippen LogP contribution in [0.4, 0.5) is 4.39 Å². The number of halogens is 1.